The molecule has 88 valence electrons. The molecule has 0 saturated carbocycles. The summed E-state index contributed by atoms with van der Waals surface area (Å²) in [4.78, 5) is 0. The molecule has 16 heavy (non-hydrogen) atoms. The van der Waals surface area contributed by atoms with E-state index in [0.29, 0.717) is 5.69 Å². The van der Waals surface area contributed by atoms with Crippen molar-refractivity contribution in [2.45, 2.75) is 19.1 Å². The molecular weight excluding hydrogens is 217 g/mol. The van der Waals surface area contributed by atoms with Crippen LogP contribution in [0.15, 0.2) is 30.9 Å². The molecule has 0 aliphatic carbocycles. The smallest absolute Gasteiger partial charge is 0.398 e. The number of halogens is 3. The minimum Gasteiger partial charge on any atom is -0.398 e. The summed E-state index contributed by atoms with van der Waals surface area (Å²) in [6.07, 6.45) is -2.83. The maximum Gasteiger partial charge on any atom is 0.418 e. The monoisotopic (exact) mass is 230 g/mol. The highest BCUT2D eigenvalue weighted by Crippen LogP contribution is 2.35. The lowest BCUT2D eigenvalue weighted by molar-refractivity contribution is -0.136. The molecule has 0 aromatic heterocycles. The lowest BCUT2D eigenvalue weighted by Gasteiger charge is -2.15. The normalized spacial score (nSPS) is 13.2. The molecule has 0 fully saturated rings. The molecule has 0 aliphatic rings. The summed E-state index contributed by atoms with van der Waals surface area (Å²) < 4.78 is 37.6. The summed E-state index contributed by atoms with van der Waals surface area (Å²) in [6.45, 7) is 5.32. The van der Waals surface area contributed by atoms with E-state index in [2.05, 4.69) is 11.9 Å². The van der Waals surface area contributed by atoms with Crippen LogP contribution in [0.1, 0.15) is 12.5 Å². The summed E-state index contributed by atoms with van der Waals surface area (Å²) in [5.41, 5.74) is 4.54. The highest BCUT2D eigenvalue weighted by Gasteiger charge is 2.33. The van der Waals surface area contributed by atoms with Crippen molar-refractivity contribution in [1.82, 2.24) is 0 Å². The van der Waals surface area contributed by atoms with Crippen LogP contribution in [0.25, 0.3) is 0 Å². The molecule has 0 saturated heterocycles. The zero-order chi connectivity index (χ0) is 12.3. The van der Waals surface area contributed by atoms with Gasteiger partial charge in [0, 0.05) is 17.4 Å². The number of hydrogen-bond donors (Lipinski definition) is 2. The van der Waals surface area contributed by atoms with Gasteiger partial charge in [-0.3, -0.25) is 0 Å². The summed E-state index contributed by atoms with van der Waals surface area (Å²) in [6, 6.07) is 3.63. The van der Waals surface area contributed by atoms with Crippen molar-refractivity contribution >= 4 is 11.4 Å². The number of nitrogen functional groups attached to an aromatic ring is 1. The van der Waals surface area contributed by atoms with E-state index >= 15 is 0 Å². The van der Waals surface area contributed by atoms with Gasteiger partial charge in [-0.25, -0.2) is 0 Å². The number of nitrogens with one attached hydrogen (secondary N) is 1. The predicted molar refractivity (Wildman–Crippen MR) is 59.1 cm³/mol. The average Bonchev–Trinajstić information content (AvgIpc) is 2.19. The van der Waals surface area contributed by atoms with E-state index < -0.39 is 11.7 Å². The fourth-order valence-electron chi connectivity index (χ4n) is 1.21. The Morgan fingerprint density at radius 2 is 2.06 bits per heavy atom. The zero-order valence-corrected chi connectivity index (χ0v) is 8.81. The molecule has 0 amide bonds. The van der Waals surface area contributed by atoms with Crippen LogP contribution in [-0.4, -0.2) is 6.04 Å². The van der Waals surface area contributed by atoms with E-state index in [1.165, 1.54) is 12.1 Å². The van der Waals surface area contributed by atoms with Crippen molar-refractivity contribution in [3.63, 3.8) is 0 Å². The SMILES string of the molecule is C=CC(C)Nc1ccc(N)c(C(F)(F)F)c1. The second-order valence-electron chi connectivity index (χ2n) is 3.47. The molecule has 1 atom stereocenters. The van der Waals surface area contributed by atoms with Gasteiger partial charge in [-0.1, -0.05) is 6.08 Å². The molecule has 0 spiro atoms. The third-order valence-electron chi connectivity index (χ3n) is 2.11. The number of alkyl halides is 3. The number of rotatable bonds is 3. The number of anilines is 2. The van der Waals surface area contributed by atoms with Gasteiger partial charge in [0.2, 0.25) is 0 Å². The van der Waals surface area contributed by atoms with Gasteiger partial charge in [0.25, 0.3) is 0 Å². The van der Waals surface area contributed by atoms with Crippen LogP contribution >= 0.6 is 0 Å². The quantitative estimate of drug-likeness (QED) is 0.617. The molecule has 5 heteroatoms. The molecule has 1 aromatic carbocycles. The van der Waals surface area contributed by atoms with Gasteiger partial charge < -0.3 is 11.1 Å². The van der Waals surface area contributed by atoms with Gasteiger partial charge in [0.1, 0.15) is 0 Å². The third kappa shape index (κ3) is 2.92. The Labute approximate surface area is 92.0 Å². The van der Waals surface area contributed by atoms with Crippen molar-refractivity contribution in [2.24, 2.45) is 0 Å². The van der Waals surface area contributed by atoms with E-state index in [1.54, 1.807) is 13.0 Å². The van der Waals surface area contributed by atoms with Gasteiger partial charge in [-0.05, 0) is 25.1 Å². The summed E-state index contributed by atoms with van der Waals surface area (Å²) in [5.74, 6) is 0. The van der Waals surface area contributed by atoms with Crippen molar-refractivity contribution in [1.29, 1.82) is 0 Å². The molecule has 2 nitrogen and oxygen atoms in total. The van der Waals surface area contributed by atoms with E-state index in [9.17, 15) is 13.2 Å². The molecule has 1 rings (SSSR count). The molecule has 1 aromatic rings. The fourth-order valence-corrected chi connectivity index (χ4v) is 1.21. The van der Waals surface area contributed by atoms with Crippen LogP contribution in [0.4, 0.5) is 24.5 Å². The van der Waals surface area contributed by atoms with Crippen LogP contribution < -0.4 is 11.1 Å². The molecular formula is C11H13F3N2. The highest BCUT2D eigenvalue weighted by molar-refractivity contribution is 5.58. The molecule has 0 bridgehead atoms. The van der Waals surface area contributed by atoms with Crippen molar-refractivity contribution in [3.05, 3.63) is 36.4 Å². The summed E-state index contributed by atoms with van der Waals surface area (Å²) >= 11 is 0. The number of nitrogens with two attached hydrogens (primary N) is 1. The van der Waals surface area contributed by atoms with Crippen molar-refractivity contribution in [3.8, 4) is 0 Å². The molecule has 1 unspecified atom stereocenters. The first kappa shape index (κ1) is 12.4. The lowest BCUT2D eigenvalue weighted by Crippen LogP contribution is -2.14. The molecule has 0 radical (unpaired) electrons. The van der Waals surface area contributed by atoms with Gasteiger partial charge >= 0.3 is 6.18 Å². The molecule has 3 N–H and O–H groups in total. The van der Waals surface area contributed by atoms with E-state index in [0.717, 1.165) is 6.07 Å². The van der Waals surface area contributed by atoms with Crippen LogP contribution in [0.2, 0.25) is 0 Å². The minimum absolute atomic E-state index is 0.107. The fraction of sp³-hybridized carbons (Fsp3) is 0.273. The molecule has 0 heterocycles. The average molecular weight is 230 g/mol. The van der Waals surface area contributed by atoms with Crippen molar-refractivity contribution < 1.29 is 13.2 Å². The maximum absolute atomic E-state index is 12.5. The van der Waals surface area contributed by atoms with Crippen molar-refractivity contribution in [2.75, 3.05) is 11.1 Å². The Hall–Kier alpha value is -1.65. The Morgan fingerprint density at radius 3 is 2.56 bits per heavy atom. The standard InChI is InChI=1S/C11H13F3N2/c1-3-7(2)16-8-4-5-10(15)9(6-8)11(12,13)14/h3-7,16H,1,15H2,2H3. The predicted octanol–water partition coefficient (Wildman–Crippen LogP) is 3.27. The van der Waals surface area contributed by atoms with Gasteiger partial charge in [-0.2, -0.15) is 13.2 Å². The molecule has 0 aliphatic heterocycles. The van der Waals surface area contributed by atoms with Gasteiger partial charge in [-0.15, -0.1) is 6.58 Å². The van der Waals surface area contributed by atoms with Crippen LogP contribution in [0.3, 0.4) is 0 Å². The first-order valence-electron chi connectivity index (χ1n) is 4.70. The Kier molecular flexibility index (Phi) is 3.47. The summed E-state index contributed by atoms with van der Waals surface area (Å²) in [7, 11) is 0. The number of benzene rings is 1. The van der Waals surface area contributed by atoms with Crippen LogP contribution in [-0.2, 0) is 6.18 Å². The van der Waals surface area contributed by atoms with E-state index in [1.807, 2.05) is 0 Å². The van der Waals surface area contributed by atoms with E-state index in [4.69, 9.17) is 5.73 Å². The zero-order valence-electron chi connectivity index (χ0n) is 8.81. The largest absolute Gasteiger partial charge is 0.418 e. The first-order chi connectivity index (χ1) is 7.34. The van der Waals surface area contributed by atoms with Gasteiger partial charge in [0.15, 0.2) is 0 Å². The van der Waals surface area contributed by atoms with Gasteiger partial charge in [0.05, 0.1) is 5.56 Å². The highest BCUT2D eigenvalue weighted by atomic mass is 19.4. The topological polar surface area (TPSA) is 38.0 Å². The Bertz CT molecular complexity index is 385. The minimum atomic E-state index is -4.43. The van der Waals surface area contributed by atoms with Crippen LogP contribution in [0.5, 0.6) is 0 Å². The second-order valence-corrected chi connectivity index (χ2v) is 3.47. The summed E-state index contributed by atoms with van der Waals surface area (Å²) in [5, 5.41) is 2.86. The lowest BCUT2D eigenvalue weighted by atomic mass is 10.1. The Morgan fingerprint density at radius 1 is 1.44 bits per heavy atom. The maximum atomic E-state index is 12.5. The first-order valence-corrected chi connectivity index (χ1v) is 4.70. The Balaban J connectivity index is 3.03. The van der Waals surface area contributed by atoms with E-state index in [-0.39, 0.29) is 11.7 Å². The third-order valence-corrected chi connectivity index (χ3v) is 2.11. The number of hydrogen-bond acceptors (Lipinski definition) is 2. The second kappa shape index (κ2) is 4.47. The van der Waals surface area contributed by atoms with Crippen LogP contribution in [0, 0.1) is 0 Å².